The van der Waals surface area contributed by atoms with Crippen LogP contribution < -0.4 is 5.32 Å². The minimum Gasteiger partial charge on any atom is -0.312 e. The minimum absolute atomic E-state index is 0.187. The molecule has 1 atom stereocenters. The van der Waals surface area contributed by atoms with Gasteiger partial charge in [-0.25, -0.2) is 4.39 Å². The van der Waals surface area contributed by atoms with Gasteiger partial charge >= 0.3 is 0 Å². The third-order valence-electron chi connectivity index (χ3n) is 2.15. The van der Waals surface area contributed by atoms with E-state index >= 15 is 0 Å². The SMILES string of the molecule is CSC(C)CNCc1ccc(F)c(Cl)c1. The molecule has 1 aromatic rings. The summed E-state index contributed by atoms with van der Waals surface area (Å²) in [7, 11) is 0. The second kappa shape index (κ2) is 6.36. The zero-order valence-electron chi connectivity index (χ0n) is 8.89. The van der Waals surface area contributed by atoms with Crippen LogP contribution in [0.15, 0.2) is 18.2 Å². The summed E-state index contributed by atoms with van der Waals surface area (Å²) in [6.45, 7) is 3.83. The molecule has 0 amide bonds. The Bertz CT molecular complexity index is 319. The molecule has 4 heteroatoms. The number of hydrogen-bond donors (Lipinski definition) is 1. The third-order valence-corrected chi connectivity index (χ3v) is 3.41. The van der Waals surface area contributed by atoms with E-state index in [1.807, 2.05) is 11.8 Å². The van der Waals surface area contributed by atoms with Crippen molar-refractivity contribution < 1.29 is 4.39 Å². The highest BCUT2D eigenvalue weighted by atomic mass is 35.5. The highest BCUT2D eigenvalue weighted by Crippen LogP contribution is 2.15. The van der Waals surface area contributed by atoms with Crippen LogP contribution in [0.2, 0.25) is 5.02 Å². The summed E-state index contributed by atoms with van der Waals surface area (Å²) < 4.78 is 12.8. The van der Waals surface area contributed by atoms with Crippen molar-refractivity contribution in [3.63, 3.8) is 0 Å². The Kier molecular flexibility index (Phi) is 5.43. The second-order valence-electron chi connectivity index (χ2n) is 3.43. The van der Waals surface area contributed by atoms with Gasteiger partial charge in [-0.05, 0) is 24.0 Å². The predicted molar refractivity (Wildman–Crippen MR) is 66.1 cm³/mol. The summed E-state index contributed by atoms with van der Waals surface area (Å²) in [5, 5.41) is 4.07. The minimum atomic E-state index is -0.363. The smallest absolute Gasteiger partial charge is 0.141 e. The molecule has 1 rings (SSSR count). The van der Waals surface area contributed by atoms with Gasteiger partial charge in [-0.2, -0.15) is 11.8 Å². The Labute approximate surface area is 99.4 Å². The van der Waals surface area contributed by atoms with E-state index in [0.29, 0.717) is 5.25 Å². The van der Waals surface area contributed by atoms with Gasteiger partial charge in [0, 0.05) is 18.3 Å². The summed E-state index contributed by atoms with van der Waals surface area (Å²) >= 11 is 7.49. The summed E-state index contributed by atoms with van der Waals surface area (Å²) in [5.74, 6) is -0.363. The molecule has 0 aliphatic rings. The number of nitrogens with one attached hydrogen (secondary N) is 1. The molecular formula is C11H15ClFNS. The topological polar surface area (TPSA) is 12.0 Å². The zero-order chi connectivity index (χ0) is 11.3. The van der Waals surface area contributed by atoms with Crippen LogP contribution in [-0.4, -0.2) is 18.1 Å². The van der Waals surface area contributed by atoms with Gasteiger partial charge in [-0.1, -0.05) is 24.6 Å². The summed E-state index contributed by atoms with van der Waals surface area (Å²) in [6.07, 6.45) is 2.08. The zero-order valence-corrected chi connectivity index (χ0v) is 10.5. The standard InChI is InChI=1S/C11H15ClFNS/c1-8(15-2)6-14-7-9-3-4-11(13)10(12)5-9/h3-5,8,14H,6-7H2,1-2H3. The quantitative estimate of drug-likeness (QED) is 0.857. The van der Waals surface area contributed by atoms with Gasteiger partial charge in [-0.15, -0.1) is 0 Å². The van der Waals surface area contributed by atoms with Crippen molar-refractivity contribution in [1.29, 1.82) is 0 Å². The molecule has 0 radical (unpaired) electrons. The van der Waals surface area contributed by atoms with Crippen LogP contribution in [0.25, 0.3) is 0 Å². The molecule has 0 bridgehead atoms. The Morgan fingerprint density at radius 3 is 2.87 bits per heavy atom. The molecule has 1 aromatic carbocycles. The van der Waals surface area contributed by atoms with Gasteiger partial charge < -0.3 is 5.32 Å². The molecular weight excluding hydrogens is 233 g/mol. The second-order valence-corrected chi connectivity index (χ2v) is 5.11. The van der Waals surface area contributed by atoms with E-state index in [-0.39, 0.29) is 10.8 Å². The van der Waals surface area contributed by atoms with E-state index in [9.17, 15) is 4.39 Å². The van der Waals surface area contributed by atoms with Gasteiger partial charge in [0.05, 0.1) is 5.02 Å². The predicted octanol–water partition coefficient (Wildman–Crippen LogP) is 3.32. The first kappa shape index (κ1) is 12.8. The molecule has 0 saturated heterocycles. The first-order valence-electron chi connectivity index (χ1n) is 4.81. The Hall–Kier alpha value is -0.250. The number of rotatable bonds is 5. The molecule has 0 saturated carbocycles. The van der Waals surface area contributed by atoms with Crippen molar-refractivity contribution in [2.24, 2.45) is 0 Å². The largest absolute Gasteiger partial charge is 0.312 e. The number of hydrogen-bond acceptors (Lipinski definition) is 2. The molecule has 1 unspecified atom stereocenters. The van der Waals surface area contributed by atoms with Crippen LogP contribution in [0.1, 0.15) is 12.5 Å². The van der Waals surface area contributed by atoms with Crippen molar-refractivity contribution in [1.82, 2.24) is 5.32 Å². The number of thioether (sulfide) groups is 1. The van der Waals surface area contributed by atoms with Gasteiger partial charge in [-0.3, -0.25) is 0 Å². The van der Waals surface area contributed by atoms with Gasteiger partial charge in [0.25, 0.3) is 0 Å². The molecule has 0 aliphatic carbocycles. The van der Waals surface area contributed by atoms with E-state index in [1.54, 1.807) is 12.1 Å². The Morgan fingerprint density at radius 2 is 2.27 bits per heavy atom. The molecule has 0 aliphatic heterocycles. The molecule has 15 heavy (non-hydrogen) atoms. The van der Waals surface area contributed by atoms with Crippen LogP contribution in [-0.2, 0) is 6.54 Å². The lowest BCUT2D eigenvalue weighted by Gasteiger charge is -2.09. The molecule has 0 aromatic heterocycles. The average molecular weight is 248 g/mol. The first-order chi connectivity index (χ1) is 7.13. The summed E-state index contributed by atoms with van der Waals surface area (Å²) in [6, 6.07) is 4.81. The Morgan fingerprint density at radius 1 is 1.53 bits per heavy atom. The van der Waals surface area contributed by atoms with Crippen molar-refractivity contribution >= 4 is 23.4 Å². The van der Waals surface area contributed by atoms with E-state index in [0.717, 1.165) is 18.7 Å². The highest BCUT2D eigenvalue weighted by Gasteiger charge is 2.02. The van der Waals surface area contributed by atoms with Crippen molar-refractivity contribution in [2.45, 2.75) is 18.7 Å². The van der Waals surface area contributed by atoms with Gasteiger partial charge in [0.15, 0.2) is 0 Å². The van der Waals surface area contributed by atoms with E-state index in [1.165, 1.54) is 6.07 Å². The van der Waals surface area contributed by atoms with E-state index in [4.69, 9.17) is 11.6 Å². The van der Waals surface area contributed by atoms with Crippen molar-refractivity contribution in [3.8, 4) is 0 Å². The maximum atomic E-state index is 12.8. The van der Waals surface area contributed by atoms with E-state index in [2.05, 4.69) is 18.5 Å². The van der Waals surface area contributed by atoms with Crippen molar-refractivity contribution in [2.75, 3.05) is 12.8 Å². The third kappa shape index (κ3) is 4.41. The first-order valence-corrected chi connectivity index (χ1v) is 6.47. The molecule has 1 nitrogen and oxygen atoms in total. The number of benzene rings is 1. The lowest BCUT2D eigenvalue weighted by Crippen LogP contribution is -2.22. The monoisotopic (exact) mass is 247 g/mol. The maximum Gasteiger partial charge on any atom is 0.141 e. The summed E-state index contributed by atoms with van der Waals surface area (Å²) in [5.41, 5.74) is 1.01. The fourth-order valence-electron chi connectivity index (χ4n) is 1.15. The Balaban J connectivity index is 2.41. The van der Waals surface area contributed by atoms with Gasteiger partial charge in [0.2, 0.25) is 0 Å². The van der Waals surface area contributed by atoms with Crippen LogP contribution in [0, 0.1) is 5.82 Å². The fourth-order valence-corrected chi connectivity index (χ4v) is 1.64. The van der Waals surface area contributed by atoms with Crippen LogP contribution in [0.3, 0.4) is 0 Å². The normalized spacial score (nSPS) is 12.8. The fraction of sp³-hybridized carbons (Fsp3) is 0.455. The molecule has 1 N–H and O–H groups in total. The average Bonchev–Trinajstić information content (AvgIpc) is 2.23. The van der Waals surface area contributed by atoms with E-state index < -0.39 is 0 Å². The molecule has 0 heterocycles. The lowest BCUT2D eigenvalue weighted by atomic mass is 10.2. The van der Waals surface area contributed by atoms with Crippen LogP contribution in [0.4, 0.5) is 4.39 Å². The van der Waals surface area contributed by atoms with Crippen molar-refractivity contribution in [3.05, 3.63) is 34.6 Å². The lowest BCUT2D eigenvalue weighted by molar-refractivity contribution is 0.625. The molecule has 84 valence electrons. The highest BCUT2D eigenvalue weighted by molar-refractivity contribution is 7.99. The summed E-state index contributed by atoms with van der Waals surface area (Å²) in [4.78, 5) is 0. The maximum absolute atomic E-state index is 12.8. The molecule has 0 spiro atoms. The van der Waals surface area contributed by atoms with Gasteiger partial charge in [0.1, 0.15) is 5.82 Å². The van der Waals surface area contributed by atoms with Crippen LogP contribution >= 0.6 is 23.4 Å². The number of halogens is 2. The van der Waals surface area contributed by atoms with Crippen LogP contribution in [0.5, 0.6) is 0 Å². The molecule has 0 fully saturated rings.